The van der Waals surface area contributed by atoms with Crippen molar-refractivity contribution >= 4 is 16.9 Å². The smallest absolute Gasteiger partial charge is 0.220 e. The van der Waals surface area contributed by atoms with Crippen molar-refractivity contribution in [3.8, 4) is 11.6 Å². The topological polar surface area (TPSA) is 69.0 Å². The van der Waals surface area contributed by atoms with Crippen molar-refractivity contribution in [2.24, 2.45) is 0 Å². The van der Waals surface area contributed by atoms with Gasteiger partial charge in [-0.3, -0.25) is 4.79 Å². The van der Waals surface area contributed by atoms with E-state index in [9.17, 15) is 4.79 Å². The minimum absolute atomic E-state index is 0.107. The SMILES string of the molecule is COc1nc2c(c(C)nn2-c2ccccc2)c(C)c1CCC(=O)NC1CCCC1. The highest BCUT2D eigenvalue weighted by atomic mass is 16.5. The number of rotatable bonds is 6. The van der Waals surface area contributed by atoms with E-state index in [4.69, 9.17) is 14.8 Å². The Morgan fingerprint density at radius 3 is 2.62 bits per heavy atom. The van der Waals surface area contributed by atoms with Gasteiger partial charge in [-0.2, -0.15) is 10.1 Å². The van der Waals surface area contributed by atoms with Crippen molar-refractivity contribution in [2.45, 2.75) is 58.4 Å². The molecule has 6 heteroatoms. The number of hydrogen-bond donors (Lipinski definition) is 1. The summed E-state index contributed by atoms with van der Waals surface area (Å²) in [5.74, 6) is 0.677. The Hall–Kier alpha value is -2.89. The van der Waals surface area contributed by atoms with Gasteiger partial charge in [0.1, 0.15) is 0 Å². The number of ether oxygens (including phenoxy) is 1. The van der Waals surface area contributed by atoms with Gasteiger partial charge in [0.25, 0.3) is 0 Å². The molecule has 0 spiro atoms. The zero-order valence-electron chi connectivity index (χ0n) is 17.4. The van der Waals surface area contributed by atoms with Crippen LogP contribution in [0.2, 0.25) is 0 Å². The number of aryl methyl sites for hydroxylation is 2. The number of benzene rings is 1. The zero-order chi connectivity index (χ0) is 20.4. The fraction of sp³-hybridized carbons (Fsp3) is 0.435. The summed E-state index contributed by atoms with van der Waals surface area (Å²) in [5, 5.41) is 8.91. The maximum atomic E-state index is 12.4. The molecule has 3 aromatic rings. The molecule has 0 saturated heterocycles. The van der Waals surface area contributed by atoms with Crippen LogP contribution in [0.4, 0.5) is 0 Å². The average molecular weight is 393 g/mol. The fourth-order valence-electron chi connectivity index (χ4n) is 4.35. The highest BCUT2D eigenvalue weighted by Crippen LogP contribution is 2.31. The molecule has 0 aliphatic heterocycles. The van der Waals surface area contributed by atoms with Gasteiger partial charge in [0.2, 0.25) is 11.8 Å². The van der Waals surface area contributed by atoms with Crippen molar-refractivity contribution in [1.82, 2.24) is 20.1 Å². The lowest BCUT2D eigenvalue weighted by Gasteiger charge is -2.14. The van der Waals surface area contributed by atoms with Crippen LogP contribution in [0.5, 0.6) is 5.88 Å². The summed E-state index contributed by atoms with van der Waals surface area (Å²) in [7, 11) is 1.63. The molecule has 0 atom stereocenters. The van der Waals surface area contributed by atoms with E-state index < -0.39 is 0 Å². The van der Waals surface area contributed by atoms with Crippen molar-refractivity contribution in [1.29, 1.82) is 0 Å². The Morgan fingerprint density at radius 1 is 1.21 bits per heavy atom. The van der Waals surface area contributed by atoms with Gasteiger partial charge in [-0.25, -0.2) is 4.68 Å². The lowest BCUT2D eigenvalue weighted by Crippen LogP contribution is -2.32. The van der Waals surface area contributed by atoms with E-state index >= 15 is 0 Å². The molecule has 1 fully saturated rings. The molecule has 0 radical (unpaired) electrons. The minimum atomic E-state index is 0.107. The summed E-state index contributed by atoms with van der Waals surface area (Å²) in [6.07, 6.45) is 5.66. The molecule has 152 valence electrons. The predicted molar refractivity (Wildman–Crippen MR) is 114 cm³/mol. The molecule has 1 aliphatic rings. The second-order valence-corrected chi connectivity index (χ2v) is 7.80. The number of amides is 1. The molecule has 0 bridgehead atoms. The Morgan fingerprint density at radius 2 is 1.93 bits per heavy atom. The Kier molecular flexibility index (Phi) is 5.51. The third-order valence-electron chi connectivity index (χ3n) is 5.85. The molecular weight excluding hydrogens is 364 g/mol. The van der Waals surface area contributed by atoms with Crippen molar-refractivity contribution in [3.05, 3.63) is 47.2 Å². The van der Waals surface area contributed by atoms with Crippen LogP contribution in [0, 0.1) is 13.8 Å². The van der Waals surface area contributed by atoms with Crippen molar-refractivity contribution in [2.75, 3.05) is 7.11 Å². The number of nitrogens with one attached hydrogen (secondary N) is 1. The number of carbonyl (C=O) groups excluding carboxylic acids is 1. The van der Waals surface area contributed by atoms with Gasteiger partial charge in [-0.05, 0) is 50.8 Å². The van der Waals surface area contributed by atoms with Gasteiger partial charge in [0.15, 0.2) is 5.65 Å². The number of para-hydroxylation sites is 1. The molecular formula is C23H28N4O2. The molecule has 0 unspecified atom stereocenters. The van der Waals surface area contributed by atoms with Gasteiger partial charge < -0.3 is 10.1 Å². The molecule has 1 saturated carbocycles. The van der Waals surface area contributed by atoms with Crippen LogP contribution in [-0.4, -0.2) is 33.8 Å². The average Bonchev–Trinajstić information content (AvgIpc) is 3.35. The summed E-state index contributed by atoms with van der Waals surface area (Å²) in [6.45, 7) is 4.07. The van der Waals surface area contributed by atoms with Gasteiger partial charge in [0.05, 0.1) is 18.5 Å². The molecule has 29 heavy (non-hydrogen) atoms. The van der Waals surface area contributed by atoms with E-state index in [0.717, 1.165) is 46.4 Å². The van der Waals surface area contributed by atoms with E-state index in [1.54, 1.807) is 7.11 Å². The highest BCUT2D eigenvalue weighted by molar-refractivity contribution is 5.86. The zero-order valence-corrected chi connectivity index (χ0v) is 17.4. The number of methoxy groups -OCH3 is 1. The molecule has 2 aromatic heterocycles. The standard InChI is InChI=1S/C23H28N4O2/c1-15-19(13-14-20(28)24-17-9-7-8-10-17)23(29-3)25-22-21(15)16(2)26-27(22)18-11-5-4-6-12-18/h4-6,11-12,17H,7-10,13-14H2,1-3H3,(H,24,28). The van der Waals surface area contributed by atoms with Crippen molar-refractivity contribution in [3.63, 3.8) is 0 Å². The third kappa shape index (κ3) is 3.84. The van der Waals surface area contributed by atoms with Gasteiger partial charge in [-0.1, -0.05) is 31.0 Å². The third-order valence-corrected chi connectivity index (χ3v) is 5.85. The summed E-state index contributed by atoms with van der Waals surface area (Å²) in [4.78, 5) is 17.2. The second kappa shape index (κ2) is 8.23. The molecule has 2 heterocycles. The van der Waals surface area contributed by atoms with Gasteiger partial charge >= 0.3 is 0 Å². The Balaban J connectivity index is 1.65. The maximum absolute atomic E-state index is 12.4. The monoisotopic (exact) mass is 392 g/mol. The van der Waals surface area contributed by atoms with Crippen LogP contribution in [0.15, 0.2) is 30.3 Å². The van der Waals surface area contributed by atoms with Crippen molar-refractivity contribution < 1.29 is 9.53 Å². The largest absolute Gasteiger partial charge is 0.481 e. The van der Waals surface area contributed by atoms with Crippen LogP contribution in [0.25, 0.3) is 16.7 Å². The first kappa shape index (κ1) is 19.4. The predicted octanol–water partition coefficient (Wildman–Crippen LogP) is 4.04. The Bertz CT molecular complexity index is 1020. The molecule has 4 rings (SSSR count). The first-order valence-corrected chi connectivity index (χ1v) is 10.4. The summed E-state index contributed by atoms with van der Waals surface area (Å²) in [6, 6.07) is 10.3. The number of fused-ring (bicyclic) bond motifs is 1. The second-order valence-electron chi connectivity index (χ2n) is 7.80. The lowest BCUT2D eigenvalue weighted by atomic mass is 10.0. The molecule has 1 amide bonds. The summed E-state index contributed by atoms with van der Waals surface area (Å²) >= 11 is 0. The first-order chi connectivity index (χ1) is 14.1. The maximum Gasteiger partial charge on any atom is 0.220 e. The fourth-order valence-corrected chi connectivity index (χ4v) is 4.35. The quantitative estimate of drug-likeness (QED) is 0.687. The molecule has 1 N–H and O–H groups in total. The number of carbonyl (C=O) groups is 1. The Labute approximate surface area is 171 Å². The number of aromatic nitrogens is 3. The molecule has 1 aromatic carbocycles. The van der Waals surface area contributed by atoms with Gasteiger partial charge in [0, 0.05) is 23.4 Å². The number of hydrogen-bond acceptors (Lipinski definition) is 4. The summed E-state index contributed by atoms with van der Waals surface area (Å²) < 4.78 is 7.47. The van der Waals surface area contributed by atoms with Crippen LogP contribution in [-0.2, 0) is 11.2 Å². The van der Waals surface area contributed by atoms with Crippen LogP contribution < -0.4 is 10.1 Å². The summed E-state index contributed by atoms with van der Waals surface area (Å²) in [5.41, 5.74) is 4.73. The number of nitrogens with zero attached hydrogens (tertiary/aromatic N) is 3. The van der Waals surface area contributed by atoms with E-state index in [-0.39, 0.29) is 5.91 Å². The van der Waals surface area contributed by atoms with Crippen LogP contribution >= 0.6 is 0 Å². The van der Waals surface area contributed by atoms with Gasteiger partial charge in [-0.15, -0.1) is 0 Å². The molecule has 1 aliphatic carbocycles. The van der Waals surface area contributed by atoms with E-state index in [0.29, 0.717) is 24.8 Å². The van der Waals surface area contributed by atoms with E-state index in [1.165, 1.54) is 12.8 Å². The number of pyridine rings is 1. The van der Waals surface area contributed by atoms with Crippen LogP contribution in [0.1, 0.15) is 48.9 Å². The van der Waals surface area contributed by atoms with E-state index in [1.807, 2.05) is 41.9 Å². The normalized spacial score (nSPS) is 14.4. The highest BCUT2D eigenvalue weighted by Gasteiger charge is 2.21. The first-order valence-electron chi connectivity index (χ1n) is 10.4. The lowest BCUT2D eigenvalue weighted by molar-refractivity contribution is -0.121. The van der Waals surface area contributed by atoms with E-state index in [2.05, 4.69) is 12.2 Å². The minimum Gasteiger partial charge on any atom is -0.481 e. The van der Waals surface area contributed by atoms with Crippen LogP contribution in [0.3, 0.4) is 0 Å². The molecule has 6 nitrogen and oxygen atoms in total.